The maximum absolute atomic E-state index is 11.1. The first-order chi connectivity index (χ1) is 7.20. The van der Waals surface area contributed by atoms with Crippen LogP contribution < -0.4 is 0 Å². The van der Waals surface area contributed by atoms with Crippen LogP contribution in [0, 0.1) is 6.92 Å². The van der Waals surface area contributed by atoms with Crippen LogP contribution in [-0.2, 0) is 15.6 Å². The molecular formula is C9H10ClNO4S. The fourth-order valence-electron chi connectivity index (χ4n) is 1.17. The highest BCUT2D eigenvalue weighted by molar-refractivity contribution is 7.89. The van der Waals surface area contributed by atoms with Gasteiger partial charge in [0.15, 0.2) is 9.84 Å². The van der Waals surface area contributed by atoms with Gasteiger partial charge in [-0.05, 0) is 18.6 Å². The minimum Gasteiger partial charge on any atom is -0.478 e. The van der Waals surface area contributed by atoms with Crippen molar-refractivity contribution < 1.29 is 18.3 Å². The molecule has 16 heavy (non-hydrogen) atoms. The summed E-state index contributed by atoms with van der Waals surface area (Å²) < 4.78 is 22.2. The van der Waals surface area contributed by atoms with Gasteiger partial charge < -0.3 is 5.11 Å². The number of aryl methyl sites for hydroxylation is 1. The molecule has 1 aromatic rings. The summed E-state index contributed by atoms with van der Waals surface area (Å²) in [6, 6.07) is 1.32. The Labute approximate surface area is 98.0 Å². The molecular weight excluding hydrogens is 254 g/mol. The van der Waals surface area contributed by atoms with Gasteiger partial charge in [0, 0.05) is 6.26 Å². The summed E-state index contributed by atoms with van der Waals surface area (Å²) in [7, 11) is -3.22. The van der Waals surface area contributed by atoms with Crippen molar-refractivity contribution in [3.8, 4) is 0 Å². The molecule has 1 aromatic heterocycles. The second-order valence-corrected chi connectivity index (χ2v) is 5.96. The normalized spacial score (nSPS) is 11.4. The van der Waals surface area contributed by atoms with Gasteiger partial charge in [0.05, 0.1) is 17.0 Å². The van der Waals surface area contributed by atoms with Gasteiger partial charge in [0.2, 0.25) is 0 Å². The standard InChI is InChI=1S/C9H10ClNO4S/c1-5-3-6(9(12)13)8(10)11-7(5)4-16(2,14)15/h3H,4H2,1-2H3,(H,12,13). The lowest BCUT2D eigenvalue weighted by molar-refractivity contribution is 0.0696. The maximum Gasteiger partial charge on any atom is 0.338 e. The van der Waals surface area contributed by atoms with E-state index in [2.05, 4.69) is 4.98 Å². The zero-order valence-corrected chi connectivity index (χ0v) is 10.3. The van der Waals surface area contributed by atoms with Crippen molar-refractivity contribution in [2.45, 2.75) is 12.7 Å². The molecule has 0 spiro atoms. The highest BCUT2D eigenvalue weighted by Crippen LogP contribution is 2.18. The van der Waals surface area contributed by atoms with E-state index >= 15 is 0 Å². The van der Waals surface area contributed by atoms with Crippen LogP contribution in [0.15, 0.2) is 6.07 Å². The second kappa shape index (κ2) is 4.39. The molecule has 0 aliphatic rings. The lowest BCUT2D eigenvalue weighted by Gasteiger charge is -2.06. The molecule has 0 saturated heterocycles. The monoisotopic (exact) mass is 263 g/mol. The molecule has 0 amide bonds. The van der Waals surface area contributed by atoms with Crippen LogP contribution in [0.2, 0.25) is 5.15 Å². The maximum atomic E-state index is 11.1. The molecule has 0 bridgehead atoms. The molecule has 1 heterocycles. The van der Waals surface area contributed by atoms with Crippen molar-refractivity contribution in [1.29, 1.82) is 0 Å². The van der Waals surface area contributed by atoms with Crippen molar-refractivity contribution >= 4 is 27.4 Å². The lowest BCUT2D eigenvalue weighted by atomic mass is 10.1. The van der Waals surface area contributed by atoms with E-state index in [0.29, 0.717) is 5.56 Å². The number of hydrogen-bond acceptors (Lipinski definition) is 4. The van der Waals surface area contributed by atoms with Gasteiger partial charge in [-0.1, -0.05) is 11.6 Å². The van der Waals surface area contributed by atoms with Crippen molar-refractivity contribution in [3.05, 3.63) is 28.0 Å². The second-order valence-electron chi connectivity index (χ2n) is 3.47. The summed E-state index contributed by atoms with van der Waals surface area (Å²) in [5.41, 5.74) is 0.640. The summed E-state index contributed by atoms with van der Waals surface area (Å²) in [5.74, 6) is -1.44. The quantitative estimate of drug-likeness (QED) is 0.831. The fraction of sp³-hybridized carbons (Fsp3) is 0.333. The zero-order chi connectivity index (χ0) is 12.5. The van der Waals surface area contributed by atoms with Crippen molar-refractivity contribution in [1.82, 2.24) is 4.98 Å². The third kappa shape index (κ3) is 3.18. The molecule has 7 heteroatoms. The van der Waals surface area contributed by atoms with E-state index in [1.54, 1.807) is 6.92 Å². The number of carbonyl (C=O) groups is 1. The van der Waals surface area contributed by atoms with E-state index in [-0.39, 0.29) is 22.2 Å². The number of rotatable bonds is 3. The number of aromatic nitrogens is 1. The summed E-state index contributed by atoms with van der Waals surface area (Å²) in [6.45, 7) is 1.59. The molecule has 1 rings (SSSR count). The first-order valence-electron chi connectivity index (χ1n) is 4.28. The number of aromatic carboxylic acids is 1. The summed E-state index contributed by atoms with van der Waals surface area (Å²) in [4.78, 5) is 14.5. The predicted molar refractivity (Wildman–Crippen MR) is 59.5 cm³/mol. The average Bonchev–Trinajstić information content (AvgIpc) is 2.07. The topological polar surface area (TPSA) is 84.3 Å². The van der Waals surface area contributed by atoms with Crippen molar-refractivity contribution in [3.63, 3.8) is 0 Å². The molecule has 5 nitrogen and oxygen atoms in total. The summed E-state index contributed by atoms with van der Waals surface area (Å²) in [5, 5.41) is 8.57. The largest absolute Gasteiger partial charge is 0.478 e. The summed E-state index contributed by atoms with van der Waals surface area (Å²) >= 11 is 5.64. The number of carboxylic acids is 1. The van der Waals surface area contributed by atoms with Crippen LogP contribution in [-0.4, -0.2) is 30.7 Å². The van der Waals surface area contributed by atoms with E-state index in [0.717, 1.165) is 6.26 Å². The number of pyridine rings is 1. The first-order valence-corrected chi connectivity index (χ1v) is 6.71. The van der Waals surface area contributed by atoms with Gasteiger partial charge in [-0.15, -0.1) is 0 Å². The van der Waals surface area contributed by atoms with Crippen LogP contribution in [0.3, 0.4) is 0 Å². The SMILES string of the molecule is Cc1cc(C(=O)O)c(Cl)nc1CS(C)(=O)=O. The molecule has 0 aliphatic heterocycles. The van der Waals surface area contributed by atoms with Gasteiger partial charge in [-0.2, -0.15) is 0 Å². The number of sulfone groups is 1. The van der Waals surface area contributed by atoms with Crippen LogP contribution >= 0.6 is 11.6 Å². The molecule has 0 atom stereocenters. The Morgan fingerprint density at radius 2 is 2.12 bits per heavy atom. The van der Waals surface area contributed by atoms with E-state index in [1.165, 1.54) is 6.07 Å². The Bertz CT molecular complexity index is 539. The van der Waals surface area contributed by atoms with Crippen LogP contribution in [0.5, 0.6) is 0 Å². The minimum atomic E-state index is -3.22. The van der Waals surface area contributed by atoms with E-state index in [4.69, 9.17) is 16.7 Å². The Morgan fingerprint density at radius 1 is 1.56 bits per heavy atom. The highest BCUT2D eigenvalue weighted by atomic mass is 35.5. The van der Waals surface area contributed by atoms with E-state index in [9.17, 15) is 13.2 Å². The Morgan fingerprint density at radius 3 is 2.56 bits per heavy atom. The van der Waals surface area contributed by atoms with Gasteiger partial charge in [-0.25, -0.2) is 18.2 Å². The first kappa shape index (κ1) is 12.9. The fourth-order valence-corrected chi connectivity index (χ4v) is 2.20. The third-order valence-corrected chi connectivity index (χ3v) is 2.99. The lowest BCUT2D eigenvalue weighted by Crippen LogP contribution is -2.08. The number of carboxylic acid groups (broad SMARTS) is 1. The molecule has 1 N–H and O–H groups in total. The van der Waals surface area contributed by atoms with Gasteiger partial charge in [0.25, 0.3) is 0 Å². The average molecular weight is 264 g/mol. The Balaban J connectivity index is 3.26. The molecule has 0 radical (unpaired) electrons. The molecule has 88 valence electrons. The van der Waals surface area contributed by atoms with Gasteiger partial charge in [0.1, 0.15) is 5.15 Å². The molecule has 0 aliphatic carbocycles. The van der Waals surface area contributed by atoms with Crippen molar-refractivity contribution in [2.75, 3.05) is 6.26 Å². The van der Waals surface area contributed by atoms with E-state index in [1.807, 2.05) is 0 Å². The molecule has 0 saturated carbocycles. The minimum absolute atomic E-state index is 0.128. The summed E-state index contributed by atoms with van der Waals surface area (Å²) in [6.07, 6.45) is 1.08. The molecule has 0 fully saturated rings. The van der Waals surface area contributed by atoms with Gasteiger partial charge in [-0.3, -0.25) is 0 Å². The number of hydrogen-bond donors (Lipinski definition) is 1. The number of halogens is 1. The third-order valence-electron chi connectivity index (χ3n) is 1.90. The zero-order valence-electron chi connectivity index (χ0n) is 8.69. The Hall–Kier alpha value is -1.14. The Kier molecular flexibility index (Phi) is 3.54. The highest BCUT2D eigenvalue weighted by Gasteiger charge is 2.15. The molecule has 0 unspecified atom stereocenters. The van der Waals surface area contributed by atoms with Crippen LogP contribution in [0.4, 0.5) is 0 Å². The van der Waals surface area contributed by atoms with Crippen molar-refractivity contribution in [2.24, 2.45) is 0 Å². The van der Waals surface area contributed by atoms with E-state index < -0.39 is 15.8 Å². The smallest absolute Gasteiger partial charge is 0.338 e. The predicted octanol–water partition coefficient (Wildman–Crippen LogP) is 1.29. The number of nitrogens with zero attached hydrogens (tertiary/aromatic N) is 1. The van der Waals surface area contributed by atoms with Crippen LogP contribution in [0.25, 0.3) is 0 Å². The van der Waals surface area contributed by atoms with Gasteiger partial charge >= 0.3 is 5.97 Å². The van der Waals surface area contributed by atoms with Crippen LogP contribution in [0.1, 0.15) is 21.6 Å². The molecule has 0 aromatic carbocycles.